The van der Waals surface area contributed by atoms with E-state index in [2.05, 4.69) is 15.0 Å². The highest BCUT2D eigenvalue weighted by Crippen LogP contribution is 2.42. The van der Waals surface area contributed by atoms with Crippen molar-refractivity contribution in [3.8, 4) is 28.0 Å². The number of aryl methyl sites for hydroxylation is 2. The zero-order valence-electron chi connectivity index (χ0n) is 27.9. The largest absolute Gasteiger partial charge is 0.496 e. The molecule has 268 valence electrons. The Hall–Kier alpha value is -5.41. The lowest BCUT2D eigenvalue weighted by Gasteiger charge is -2.38. The predicted octanol–water partition coefficient (Wildman–Crippen LogP) is 7.31. The predicted molar refractivity (Wildman–Crippen MR) is 171 cm³/mol. The monoisotopic (exact) mass is 715 g/mol. The van der Waals surface area contributed by atoms with E-state index in [0.717, 1.165) is 18.2 Å². The molecule has 0 N–H and O–H groups in total. The van der Waals surface area contributed by atoms with Gasteiger partial charge in [0.1, 0.15) is 23.4 Å². The van der Waals surface area contributed by atoms with Crippen LogP contribution in [0.3, 0.4) is 0 Å². The third kappa shape index (κ3) is 6.86. The Morgan fingerprint density at radius 2 is 1.69 bits per heavy atom. The van der Waals surface area contributed by atoms with Crippen LogP contribution < -0.4 is 9.64 Å². The third-order valence-electron chi connectivity index (χ3n) is 8.82. The fourth-order valence-electron chi connectivity index (χ4n) is 6.21. The van der Waals surface area contributed by atoms with Crippen LogP contribution in [0.5, 0.6) is 5.75 Å². The number of benzene rings is 2. The third-order valence-corrected chi connectivity index (χ3v) is 8.82. The highest BCUT2D eigenvalue weighted by atomic mass is 19.4. The lowest BCUT2D eigenvalue weighted by molar-refractivity contribution is -0.137. The van der Waals surface area contributed by atoms with Crippen molar-refractivity contribution >= 4 is 18.0 Å². The van der Waals surface area contributed by atoms with Gasteiger partial charge in [0.05, 0.1) is 51.2 Å². The Balaban J connectivity index is 1.43. The topological polar surface area (TPSA) is 107 Å². The average molecular weight is 716 g/mol. The SMILES string of the molecule is COC(=O)c1cc(C)c(-c2cc(-c3cnc(N4CC(F)(F)C4)nc3CN3C(=O)O[C@H](c4cc(C)cc(C(F)(F)F)c4)[C@@H]3C)c(OC)cc2F)cn1. The molecule has 2 aliphatic rings. The number of carbonyl (C=O) groups excluding carboxylic acids is 2. The van der Waals surface area contributed by atoms with Crippen LogP contribution in [0.1, 0.15) is 51.5 Å². The van der Waals surface area contributed by atoms with Crippen molar-refractivity contribution < 1.29 is 50.1 Å². The quantitative estimate of drug-likeness (QED) is 0.137. The molecular weight excluding hydrogens is 684 g/mol. The summed E-state index contributed by atoms with van der Waals surface area (Å²) in [6.45, 7) is 3.20. The molecule has 0 radical (unpaired) electrons. The van der Waals surface area contributed by atoms with Gasteiger partial charge in [0, 0.05) is 40.7 Å². The van der Waals surface area contributed by atoms with E-state index in [1.807, 2.05) is 0 Å². The summed E-state index contributed by atoms with van der Waals surface area (Å²) in [5, 5.41) is 0. The number of nitrogens with zero attached hydrogens (tertiary/aromatic N) is 5. The van der Waals surface area contributed by atoms with Crippen LogP contribution in [0.25, 0.3) is 22.3 Å². The summed E-state index contributed by atoms with van der Waals surface area (Å²) >= 11 is 0. The molecule has 0 saturated carbocycles. The molecule has 10 nitrogen and oxygen atoms in total. The minimum absolute atomic E-state index is 0.0148. The molecule has 2 fully saturated rings. The van der Waals surface area contributed by atoms with Gasteiger partial charge in [-0.2, -0.15) is 13.2 Å². The van der Waals surface area contributed by atoms with Gasteiger partial charge in [0.25, 0.3) is 5.92 Å². The van der Waals surface area contributed by atoms with Gasteiger partial charge in [-0.1, -0.05) is 11.6 Å². The number of amides is 1. The van der Waals surface area contributed by atoms with E-state index >= 15 is 4.39 Å². The number of hydrogen-bond acceptors (Lipinski definition) is 9. The maximum atomic E-state index is 15.6. The summed E-state index contributed by atoms with van der Waals surface area (Å²) in [6.07, 6.45) is -3.88. The molecule has 0 unspecified atom stereocenters. The molecule has 0 aliphatic carbocycles. The fourth-order valence-corrected chi connectivity index (χ4v) is 6.21. The first-order valence-electron chi connectivity index (χ1n) is 15.6. The van der Waals surface area contributed by atoms with E-state index in [9.17, 15) is 31.5 Å². The summed E-state index contributed by atoms with van der Waals surface area (Å²) < 4.78 is 100. The van der Waals surface area contributed by atoms with Gasteiger partial charge in [-0.15, -0.1) is 0 Å². The number of anilines is 1. The van der Waals surface area contributed by atoms with E-state index in [1.165, 1.54) is 61.5 Å². The van der Waals surface area contributed by atoms with Gasteiger partial charge in [0.15, 0.2) is 0 Å². The Morgan fingerprint density at radius 1 is 0.980 bits per heavy atom. The van der Waals surface area contributed by atoms with Crippen molar-refractivity contribution in [2.45, 2.75) is 51.6 Å². The Kier molecular flexibility index (Phi) is 9.06. The molecule has 51 heavy (non-hydrogen) atoms. The molecule has 2 aliphatic heterocycles. The highest BCUT2D eigenvalue weighted by molar-refractivity contribution is 5.88. The number of methoxy groups -OCH3 is 2. The Morgan fingerprint density at radius 3 is 2.31 bits per heavy atom. The number of aromatic nitrogens is 3. The standard InChI is InChI=1S/C35H31F6N5O5/c1-17-6-20(9-21(7-17)35(39,40)41)30-19(3)46(33(48)51-30)14-28-25(13-43-32(44-28)45-15-34(37,38)16-45)23-10-22(26(36)11-29(23)49-4)24-12-42-27(8-18(24)2)31(47)50-5/h6-13,19,30H,14-16H2,1-5H3/t19-,30-/m0/s1. The summed E-state index contributed by atoms with van der Waals surface area (Å²) in [7, 11) is 2.52. The van der Waals surface area contributed by atoms with Gasteiger partial charge in [0.2, 0.25) is 5.95 Å². The van der Waals surface area contributed by atoms with Gasteiger partial charge in [-0.25, -0.2) is 37.7 Å². The van der Waals surface area contributed by atoms with Crippen LogP contribution in [0.2, 0.25) is 0 Å². The second-order valence-corrected chi connectivity index (χ2v) is 12.5. The molecule has 6 rings (SSSR count). The van der Waals surface area contributed by atoms with Crippen molar-refractivity contribution in [1.29, 1.82) is 0 Å². The molecule has 2 atom stereocenters. The average Bonchev–Trinajstić information content (AvgIpc) is 3.34. The number of esters is 1. The second kappa shape index (κ2) is 13.0. The van der Waals surface area contributed by atoms with Gasteiger partial charge >= 0.3 is 18.2 Å². The lowest BCUT2D eigenvalue weighted by Crippen LogP contribution is -2.57. The molecule has 0 bridgehead atoms. The molecule has 16 heteroatoms. The fraction of sp³-hybridized carbons (Fsp3) is 0.343. The number of rotatable bonds is 8. The van der Waals surface area contributed by atoms with Crippen molar-refractivity contribution in [2.75, 3.05) is 32.2 Å². The van der Waals surface area contributed by atoms with Crippen molar-refractivity contribution in [3.63, 3.8) is 0 Å². The normalized spacial score (nSPS) is 18.4. The Labute approximate surface area is 288 Å². The van der Waals surface area contributed by atoms with Crippen LogP contribution in [0.15, 0.2) is 48.8 Å². The number of cyclic esters (lactones) is 1. The molecule has 4 aromatic rings. The Bertz CT molecular complexity index is 2030. The smallest absolute Gasteiger partial charge is 0.416 e. The number of pyridine rings is 1. The summed E-state index contributed by atoms with van der Waals surface area (Å²) in [5.41, 5.74) is 1.15. The van der Waals surface area contributed by atoms with Crippen molar-refractivity contribution in [3.05, 3.63) is 88.3 Å². The zero-order valence-corrected chi connectivity index (χ0v) is 27.9. The molecule has 2 saturated heterocycles. The van der Waals surface area contributed by atoms with Crippen molar-refractivity contribution in [1.82, 2.24) is 19.9 Å². The van der Waals surface area contributed by atoms with E-state index < -0.39 is 60.8 Å². The van der Waals surface area contributed by atoms with Crippen LogP contribution in [-0.2, 0) is 22.2 Å². The molecular formula is C35H31F6N5O5. The maximum absolute atomic E-state index is 15.6. The van der Waals surface area contributed by atoms with E-state index in [0.29, 0.717) is 16.7 Å². The van der Waals surface area contributed by atoms with Gasteiger partial charge in [-0.3, -0.25) is 4.90 Å². The number of alkyl halides is 5. The number of hydrogen-bond donors (Lipinski definition) is 0. The van der Waals surface area contributed by atoms with Gasteiger partial charge in [-0.05, 0) is 56.2 Å². The minimum Gasteiger partial charge on any atom is -0.496 e. The number of ether oxygens (including phenoxy) is 3. The summed E-state index contributed by atoms with van der Waals surface area (Å²) in [6, 6.07) is 6.66. The number of halogens is 6. The molecule has 4 heterocycles. The van der Waals surface area contributed by atoms with Crippen LogP contribution in [-0.4, -0.2) is 71.2 Å². The van der Waals surface area contributed by atoms with Crippen molar-refractivity contribution in [2.24, 2.45) is 0 Å². The first-order chi connectivity index (χ1) is 24.0. The van der Waals surface area contributed by atoms with Crippen LogP contribution >= 0.6 is 0 Å². The maximum Gasteiger partial charge on any atom is 0.416 e. The van der Waals surface area contributed by atoms with Crippen LogP contribution in [0.4, 0.5) is 37.1 Å². The molecule has 0 spiro atoms. The van der Waals surface area contributed by atoms with E-state index in [4.69, 9.17) is 14.2 Å². The van der Waals surface area contributed by atoms with Crippen LogP contribution in [0, 0.1) is 19.7 Å². The van der Waals surface area contributed by atoms with E-state index in [-0.39, 0.29) is 51.9 Å². The minimum atomic E-state index is -4.63. The zero-order chi connectivity index (χ0) is 37.0. The lowest BCUT2D eigenvalue weighted by atomic mass is 9.95. The second-order valence-electron chi connectivity index (χ2n) is 12.5. The molecule has 2 aromatic carbocycles. The molecule has 1 amide bonds. The highest BCUT2D eigenvalue weighted by Gasteiger charge is 2.46. The number of carbonyl (C=O) groups is 2. The molecule has 2 aromatic heterocycles. The summed E-state index contributed by atoms with van der Waals surface area (Å²) in [5.74, 6) is -4.32. The first-order valence-corrected chi connectivity index (χ1v) is 15.6. The summed E-state index contributed by atoms with van der Waals surface area (Å²) in [4.78, 5) is 40.8. The first kappa shape index (κ1) is 35.4. The van der Waals surface area contributed by atoms with Gasteiger partial charge < -0.3 is 19.1 Å². The van der Waals surface area contributed by atoms with E-state index in [1.54, 1.807) is 13.8 Å².